The fraction of sp³-hybridized carbons (Fsp3) is 0.0952. The summed E-state index contributed by atoms with van der Waals surface area (Å²) in [6.45, 7) is 0. The summed E-state index contributed by atoms with van der Waals surface area (Å²) in [5, 5.41) is 0. The summed E-state index contributed by atoms with van der Waals surface area (Å²) in [5.74, 6) is 0.967. The van der Waals surface area contributed by atoms with Crippen molar-refractivity contribution in [1.29, 1.82) is 0 Å². The normalized spacial score (nSPS) is 10.9. The van der Waals surface area contributed by atoms with Crippen LogP contribution in [0.3, 0.4) is 0 Å². The number of pyridine rings is 1. The van der Waals surface area contributed by atoms with E-state index in [2.05, 4.69) is 76.2 Å². The Morgan fingerprint density at radius 3 is 2.17 bits per heavy atom. The second kappa shape index (κ2) is 5.85. The molecule has 3 nitrogen and oxygen atoms in total. The molecular formula is C21H19N3. The summed E-state index contributed by atoms with van der Waals surface area (Å²) in [5.41, 5.74) is 5.57. The van der Waals surface area contributed by atoms with Crippen molar-refractivity contribution in [3.8, 4) is 22.6 Å². The van der Waals surface area contributed by atoms with Gasteiger partial charge in [0.1, 0.15) is 5.82 Å². The van der Waals surface area contributed by atoms with E-state index in [-0.39, 0.29) is 0 Å². The first-order chi connectivity index (χ1) is 11.7. The van der Waals surface area contributed by atoms with Crippen LogP contribution in [0.25, 0.3) is 28.2 Å². The highest BCUT2D eigenvalue weighted by Gasteiger charge is 2.13. The molecule has 118 valence electrons. The number of anilines is 1. The predicted octanol–water partition coefficient (Wildman–Crippen LogP) is 4.73. The van der Waals surface area contributed by atoms with Gasteiger partial charge in [-0.3, -0.25) is 4.40 Å². The van der Waals surface area contributed by atoms with Gasteiger partial charge in [0.15, 0.2) is 0 Å². The largest absolute Gasteiger partial charge is 0.378 e. The van der Waals surface area contributed by atoms with Crippen LogP contribution in [0, 0.1) is 0 Å². The molecule has 0 aliphatic rings. The molecule has 3 heteroatoms. The van der Waals surface area contributed by atoms with Crippen molar-refractivity contribution in [2.45, 2.75) is 0 Å². The minimum Gasteiger partial charge on any atom is -0.378 e. The van der Waals surface area contributed by atoms with Crippen molar-refractivity contribution in [1.82, 2.24) is 9.38 Å². The molecule has 0 spiro atoms. The van der Waals surface area contributed by atoms with Crippen LogP contribution in [0.4, 0.5) is 5.69 Å². The van der Waals surface area contributed by atoms with E-state index < -0.39 is 0 Å². The van der Waals surface area contributed by atoms with Crippen molar-refractivity contribution >= 4 is 11.2 Å². The SMILES string of the molecule is CN(C)c1ccc(-c2nc(-c3ccccc3)c3ccccn23)cc1. The maximum atomic E-state index is 4.95. The van der Waals surface area contributed by atoms with Crippen molar-refractivity contribution in [2.75, 3.05) is 19.0 Å². The predicted molar refractivity (Wildman–Crippen MR) is 100 cm³/mol. The van der Waals surface area contributed by atoms with Gasteiger partial charge in [-0.2, -0.15) is 0 Å². The molecule has 0 saturated heterocycles. The quantitative estimate of drug-likeness (QED) is 0.545. The van der Waals surface area contributed by atoms with E-state index in [4.69, 9.17) is 4.98 Å². The van der Waals surface area contributed by atoms with Gasteiger partial charge in [-0.25, -0.2) is 4.98 Å². The number of benzene rings is 2. The third-order valence-electron chi connectivity index (χ3n) is 4.24. The Morgan fingerprint density at radius 1 is 0.750 bits per heavy atom. The summed E-state index contributed by atoms with van der Waals surface area (Å²) in [7, 11) is 4.10. The molecular weight excluding hydrogens is 294 g/mol. The fourth-order valence-corrected chi connectivity index (χ4v) is 2.96. The van der Waals surface area contributed by atoms with Gasteiger partial charge in [-0.1, -0.05) is 36.4 Å². The van der Waals surface area contributed by atoms with E-state index in [9.17, 15) is 0 Å². The summed E-state index contributed by atoms with van der Waals surface area (Å²) in [6.07, 6.45) is 2.07. The lowest BCUT2D eigenvalue weighted by molar-refractivity contribution is 1.13. The Balaban J connectivity index is 1.90. The lowest BCUT2D eigenvalue weighted by Crippen LogP contribution is -2.08. The molecule has 0 N–H and O–H groups in total. The Bertz CT molecular complexity index is 967. The molecule has 0 aliphatic carbocycles. The zero-order valence-electron chi connectivity index (χ0n) is 13.8. The first-order valence-corrected chi connectivity index (χ1v) is 8.04. The molecule has 2 heterocycles. The fourth-order valence-electron chi connectivity index (χ4n) is 2.96. The molecule has 0 saturated carbocycles. The molecule has 2 aromatic heterocycles. The number of nitrogens with zero attached hydrogens (tertiary/aromatic N) is 3. The van der Waals surface area contributed by atoms with Gasteiger partial charge in [0.2, 0.25) is 0 Å². The molecule has 0 radical (unpaired) electrons. The van der Waals surface area contributed by atoms with Gasteiger partial charge >= 0.3 is 0 Å². The van der Waals surface area contributed by atoms with Crippen LogP contribution in [0.1, 0.15) is 0 Å². The third kappa shape index (κ3) is 2.44. The first kappa shape index (κ1) is 14.5. The average Bonchev–Trinajstić information content (AvgIpc) is 3.02. The van der Waals surface area contributed by atoms with Crippen LogP contribution in [0.15, 0.2) is 79.0 Å². The molecule has 24 heavy (non-hydrogen) atoms. The van der Waals surface area contributed by atoms with Gasteiger partial charge in [-0.05, 0) is 36.4 Å². The smallest absolute Gasteiger partial charge is 0.145 e. The summed E-state index contributed by atoms with van der Waals surface area (Å²) in [4.78, 5) is 7.05. The van der Waals surface area contributed by atoms with Gasteiger partial charge in [0.25, 0.3) is 0 Å². The lowest BCUT2D eigenvalue weighted by Gasteiger charge is -2.12. The highest BCUT2D eigenvalue weighted by Crippen LogP contribution is 2.30. The van der Waals surface area contributed by atoms with E-state index in [1.807, 2.05) is 26.2 Å². The molecule has 4 rings (SSSR count). The van der Waals surface area contributed by atoms with Crippen molar-refractivity contribution in [2.24, 2.45) is 0 Å². The van der Waals surface area contributed by atoms with Gasteiger partial charge in [0, 0.05) is 37.1 Å². The van der Waals surface area contributed by atoms with Crippen LogP contribution in [0.2, 0.25) is 0 Å². The zero-order valence-corrected chi connectivity index (χ0v) is 13.8. The van der Waals surface area contributed by atoms with Gasteiger partial charge < -0.3 is 4.90 Å². The lowest BCUT2D eigenvalue weighted by atomic mass is 10.1. The Labute approximate surface area is 141 Å². The summed E-state index contributed by atoms with van der Waals surface area (Å²) < 4.78 is 2.16. The van der Waals surface area contributed by atoms with E-state index in [1.165, 1.54) is 5.69 Å². The van der Waals surface area contributed by atoms with Crippen LogP contribution >= 0.6 is 0 Å². The number of hydrogen-bond acceptors (Lipinski definition) is 2. The highest BCUT2D eigenvalue weighted by atomic mass is 15.1. The molecule has 0 amide bonds. The van der Waals surface area contributed by atoms with Gasteiger partial charge in [0.05, 0.1) is 11.2 Å². The topological polar surface area (TPSA) is 20.5 Å². The second-order valence-electron chi connectivity index (χ2n) is 6.05. The minimum atomic E-state index is 0.967. The standard InChI is InChI=1S/C21H19N3/c1-23(2)18-13-11-17(12-14-18)21-22-20(16-8-4-3-5-9-16)19-10-6-7-15-24(19)21/h3-15H,1-2H3. The molecule has 4 aromatic rings. The zero-order chi connectivity index (χ0) is 16.5. The Hall–Kier alpha value is -3.07. The van der Waals surface area contributed by atoms with Crippen LogP contribution in [-0.4, -0.2) is 23.5 Å². The monoisotopic (exact) mass is 313 g/mol. The average molecular weight is 313 g/mol. The van der Waals surface area contributed by atoms with E-state index >= 15 is 0 Å². The summed E-state index contributed by atoms with van der Waals surface area (Å²) >= 11 is 0. The van der Waals surface area contributed by atoms with E-state index in [0.29, 0.717) is 0 Å². The van der Waals surface area contributed by atoms with E-state index in [0.717, 1.165) is 28.2 Å². The molecule has 2 aromatic carbocycles. The van der Waals surface area contributed by atoms with Crippen molar-refractivity contribution in [3.63, 3.8) is 0 Å². The van der Waals surface area contributed by atoms with Crippen LogP contribution in [0.5, 0.6) is 0 Å². The second-order valence-corrected chi connectivity index (χ2v) is 6.05. The number of hydrogen-bond donors (Lipinski definition) is 0. The van der Waals surface area contributed by atoms with Crippen molar-refractivity contribution < 1.29 is 0 Å². The molecule has 0 atom stereocenters. The highest BCUT2D eigenvalue weighted by molar-refractivity contribution is 5.81. The molecule has 0 bridgehead atoms. The molecule has 0 unspecified atom stereocenters. The number of imidazole rings is 1. The summed E-state index contributed by atoms with van der Waals surface area (Å²) in [6, 6.07) is 25.1. The number of fused-ring (bicyclic) bond motifs is 1. The third-order valence-corrected chi connectivity index (χ3v) is 4.24. The Kier molecular flexibility index (Phi) is 3.54. The van der Waals surface area contributed by atoms with E-state index in [1.54, 1.807) is 0 Å². The van der Waals surface area contributed by atoms with Crippen LogP contribution < -0.4 is 4.90 Å². The van der Waals surface area contributed by atoms with Crippen molar-refractivity contribution in [3.05, 3.63) is 79.0 Å². The Morgan fingerprint density at radius 2 is 1.46 bits per heavy atom. The van der Waals surface area contributed by atoms with Gasteiger partial charge in [-0.15, -0.1) is 0 Å². The minimum absolute atomic E-state index is 0.967. The molecule has 0 fully saturated rings. The number of rotatable bonds is 3. The molecule has 0 aliphatic heterocycles. The van der Waals surface area contributed by atoms with Crippen LogP contribution in [-0.2, 0) is 0 Å². The maximum Gasteiger partial charge on any atom is 0.145 e. The number of aromatic nitrogens is 2. The first-order valence-electron chi connectivity index (χ1n) is 8.04. The maximum absolute atomic E-state index is 4.95.